The predicted octanol–water partition coefficient (Wildman–Crippen LogP) is 4.76. The Kier molecular flexibility index (Phi) is 6.14. The Morgan fingerprint density at radius 1 is 1.03 bits per heavy atom. The van der Waals surface area contributed by atoms with Gasteiger partial charge >= 0.3 is 0 Å². The molecule has 0 amide bonds. The van der Waals surface area contributed by atoms with Gasteiger partial charge in [0.1, 0.15) is 10.7 Å². The molecule has 3 aromatic rings. The fourth-order valence-corrected chi connectivity index (χ4v) is 5.57. The van der Waals surface area contributed by atoms with E-state index in [4.69, 9.17) is 0 Å². The molecule has 1 saturated heterocycles. The van der Waals surface area contributed by atoms with Crippen molar-refractivity contribution in [1.82, 2.24) is 4.57 Å². The number of piperidine rings is 1. The highest BCUT2D eigenvalue weighted by atomic mass is 32.2. The lowest BCUT2D eigenvalue weighted by Gasteiger charge is -2.29. The Morgan fingerprint density at radius 2 is 1.74 bits per heavy atom. The Morgan fingerprint density at radius 3 is 2.42 bits per heavy atom. The van der Waals surface area contributed by atoms with Crippen LogP contribution >= 0.6 is 0 Å². The molecule has 1 fully saturated rings. The Labute approximate surface area is 182 Å². The quantitative estimate of drug-likeness (QED) is 0.552. The molecule has 1 aromatic heterocycles. The molecule has 1 aliphatic heterocycles. The second-order valence-electron chi connectivity index (χ2n) is 8.05. The summed E-state index contributed by atoms with van der Waals surface area (Å²) in [6, 6.07) is 10.8. The number of anilines is 1. The van der Waals surface area contributed by atoms with Crippen LogP contribution in [0.25, 0.3) is 10.9 Å². The monoisotopic (exact) mass is 442 g/mol. The third-order valence-corrected chi connectivity index (χ3v) is 7.67. The van der Waals surface area contributed by atoms with Crippen molar-refractivity contribution in [3.63, 3.8) is 0 Å². The number of sulfone groups is 1. The minimum absolute atomic E-state index is 0.0545. The highest BCUT2D eigenvalue weighted by molar-refractivity contribution is 7.91. The first-order chi connectivity index (χ1) is 14.9. The van der Waals surface area contributed by atoms with Crippen LogP contribution in [-0.2, 0) is 16.4 Å². The smallest absolute Gasteiger partial charge is 0.211 e. The van der Waals surface area contributed by atoms with Gasteiger partial charge in [-0.05, 0) is 49.9 Å². The molecule has 2 heterocycles. The lowest BCUT2D eigenvalue weighted by atomic mass is 10.1. The molecular weight excluding hydrogens is 415 g/mol. The lowest BCUT2D eigenvalue weighted by molar-refractivity contribution is 0.557. The van der Waals surface area contributed by atoms with E-state index in [0.717, 1.165) is 45.2 Å². The number of halogens is 1. The summed E-state index contributed by atoms with van der Waals surface area (Å²) in [4.78, 5) is 15.0. The second-order valence-corrected chi connectivity index (χ2v) is 9.97. The van der Waals surface area contributed by atoms with E-state index < -0.39 is 21.1 Å². The van der Waals surface area contributed by atoms with E-state index in [0.29, 0.717) is 17.7 Å². The van der Waals surface area contributed by atoms with Crippen molar-refractivity contribution in [3.8, 4) is 0 Å². The number of hydrogen-bond acceptors (Lipinski definition) is 4. The molecule has 4 rings (SSSR count). The maximum absolute atomic E-state index is 15.1. The lowest BCUT2D eigenvalue weighted by Crippen LogP contribution is -2.30. The highest BCUT2D eigenvalue weighted by Crippen LogP contribution is 2.29. The summed E-state index contributed by atoms with van der Waals surface area (Å²) in [5.74, 6) is -0.484. The average molecular weight is 443 g/mol. The van der Waals surface area contributed by atoms with Crippen molar-refractivity contribution in [1.29, 1.82) is 0 Å². The van der Waals surface area contributed by atoms with E-state index in [1.807, 2.05) is 11.8 Å². The Bertz CT molecular complexity index is 1250. The number of hydrogen-bond donors (Lipinski definition) is 0. The van der Waals surface area contributed by atoms with E-state index >= 15 is 4.39 Å². The van der Waals surface area contributed by atoms with E-state index in [2.05, 4.69) is 0 Å². The molecule has 31 heavy (non-hydrogen) atoms. The van der Waals surface area contributed by atoms with Gasteiger partial charge in [0.15, 0.2) is 0 Å². The van der Waals surface area contributed by atoms with Crippen LogP contribution in [0.5, 0.6) is 0 Å². The maximum Gasteiger partial charge on any atom is 0.211 e. The van der Waals surface area contributed by atoms with Crippen molar-refractivity contribution in [3.05, 3.63) is 64.7 Å². The molecule has 7 heteroatoms. The Hall–Kier alpha value is -2.67. The topological polar surface area (TPSA) is 59.4 Å². The number of pyridine rings is 1. The molecule has 0 atom stereocenters. The van der Waals surface area contributed by atoms with Crippen molar-refractivity contribution < 1.29 is 12.8 Å². The number of rotatable bonds is 6. The van der Waals surface area contributed by atoms with Gasteiger partial charge in [-0.15, -0.1) is 0 Å². The van der Waals surface area contributed by atoms with Crippen LogP contribution in [0.2, 0.25) is 0 Å². The normalized spacial score (nSPS) is 14.8. The van der Waals surface area contributed by atoms with Crippen LogP contribution < -0.4 is 10.3 Å². The van der Waals surface area contributed by atoms with E-state index in [-0.39, 0.29) is 15.2 Å². The molecular formula is C24H27FN2O3S. The summed E-state index contributed by atoms with van der Waals surface area (Å²) in [7, 11) is -4.02. The summed E-state index contributed by atoms with van der Waals surface area (Å²) in [5.41, 5.74) is 0.402. The number of aromatic nitrogens is 1. The highest BCUT2D eigenvalue weighted by Gasteiger charge is 2.25. The second kappa shape index (κ2) is 8.83. The molecule has 0 radical (unpaired) electrons. The van der Waals surface area contributed by atoms with Crippen LogP contribution in [0.3, 0.4) is 0 Å². The van der Waals surface area contributed by atoms with Gasteiger partial charge < -0.3 is 9.47 Å². The SMILES string of the molecule is CCCCn1cc(S(=O)(=O)c2ccccc2)c(=O)c2cc(F)c(N3CCCCC3)cc21. The maximum atomic E-state index is 15.1. The standard InChI is InChI=1S/C24H27FN2O3S/c1-2-3-12-27-17-23(31(29,30)18-10-6-4-7-11-18)24(28)19-15-20(25)22(16-21(19)27)26-13-8-5-9-14-26/h4,6-7,10-11,15-17H,2-3,5,8-9,12-14H2,1H3. The number of benzene rings is 2. The van der Waals surface area contributed by atoms with Crippen molar-refractivity contribution in [2.45, 2.75) is 55.4 Å². The summed E-state index contributed by atoms with van der Waals surface area (Å²) in [6.07, 6.45) is 6.31. The fraction of sp³-hybridized carbons (Fsp3) is 0.375. The van der Waals surface area contributed by atoms with Gasteiger partial charge in [0.2, 0.25) is 15.3 Å². The van der Waals surface area contributed by atoms with Crippen molar-refractivity contribution in [2.24, 2.45) is 0 Å². The van der Waals surface area contributed by atoms with Gasteiger partial charge in [-0.3, -0.25) is 4.79 Å². The van der Waals surface area contributed by atoms with Crippen LogP contribution in [0.15, 0.2) is 63.2 Å². The minimum Gasteiger partial charge on any atom is -0.369 e. The van der Waals surface area contributed by atoms with E-state index in [1.165, 1.54) is 24.4 Å². The van der Waals surface area contributed by atoms with Crippen LogP contribution in [0, 0.1) is 5.82 Å². The fourth-order valence-electron chi connectivity index (χ4n) is 4.18. The zero-order chi connectivity index (χ0) is 22.0. The van der Waals surface area contributed by atoms with Gasteiger partial charge in [-0.1, -0.05) is 31.5 Å². The average Bonchev–Trinajstić information content (AvgIpc) is 2.79. The molecule has 0 spiro atoms. The summed E-state index contributed by atoms with van der Waals surface area (Å²) in [6.45, 7) is 4.16. The number of fused-ring (bicyclic) bond motifs is 1. The first-order valence-corrected chi connectivity index (χ1v) is 12.3. The van der Waals surface area contributed by atoms with Gasteiger partial charge in [0.05, 0.1) is 21.5 Å². The third-order valence-electron chi connectivity index (χ3n) is 5.91. The van der Waals surface area contributed by atoms with E-state index in [9.17, 15) is 13.2 Å². The molecule has 5 nitrogen and oxygen atoms in total. The molecule has 0 saturated carbocycles. The summed E-state index contributed by atoms with van der Waals surface area (Å²) in [5, 5.41) is 0.103. The van der Waals surface area contributed by atoms with Crippen LogP contribution in [0.4, 0.5) is 10.1 Å². The zero-order valence-electron chi connectivity index (χ0n) is 17.7. The summed E-state index contributed by atoms with van der Waals surface area (Å²) >= 11 is 0. The first kappa shape index (κ1) is 21.6. The zero-order valence-corrected chi connectivity index (χ0v) is 18.5. The van der Waals surface area contributed by atoms with Crippen molar-refractivity contribution in [2.75, 3.05) is 18.0 Å². The summed E-state index contributed by atoms with van der Waals surface area (Å²) < 4.78 is 43.3. The molecule has 0 unspecified atom stereocenters. The molecule has 0 N–H and O–H groups in total. The number of aryl methyl sites for hydroxylation is 1. The third kappa shape index (κ3) is 4.11. The molecule has 164 valence electrons. The molecule has 2 aromatic carbocycles. The van der Waals surface area contributed by atoms with Crippen LogP contribution in [0.1, 0.15) is 39.0 Å². The number of unbranched alkanes of at least 4 members (excludes halogenated alkanes) is 1. The van der Waals surface area contributed by atoms with E-state index in [1.54, 1.807) is 28.8 Å². The largest absolute Gasteiger partial charge is 0.369 e. The first-order valence-electron chi connectivity index (χ1n) is 10.8. The molecule has 0 aliphatic carbocycles. The van der Waals surface area contributed by atoms with Gasteiger partial charge in [0.25, 0.3) is 0 Å². The molecule has 1 aliphatic rings. The minimum atomic E-state index is -4.02. The van der Waals surface area contributed by atoms with Crippen LogP contribution in [-0.4, -0.2) is 26.1 Å². The van der Waals surface area contributed by atoms with Crippen molar-refractivity contribution >= 4 is 26.4 Å². The Balaban J connectivity index is 1.94. The number of nitrogens with zero attached hydrogens (tertiary/aromatic N) is 2. The van der Waals surface area contributed by atoms with Gasteiger partial charge in [-0.25, -0.2) is 12.8 Å². The predicted molar refractivity (Wildman–Crippen MR) is 121 cm³/mol. The van der Waals surface area contributed by atoms with Gasteiger partial charge in [-0.2, -0.15) is 0 Å². The van der Waals surface area contributed by atoms with Gasteiger partial charge in [0, 0.05) is 25.8 Å². The molecule has 0 bridgehead atoms.